The summed E-state index contributed by atoms with van der Waals surface area (Å²) < 4.78 is 0. The third-order valence-corrected chi connectivity index (χ3v) is 5.16. The predicted octanol–water partition coefficient (Wildman–Crippen LogP) is 2.26. The summed E-state index contributed by atoms with van der Waals surface area (Å²) in [5.74, 6) is 0.142. The Labute approximate surface area is 138 Å². The van der Waals surface area contributed by atoms with Gasteiger partial charge in [-0.1, -0.05) is 31.2 Å². The van der Waals surface area contributed by atoms with Crippen LogP contribution in [0.15, 0.2) is 24.3 Å². The van der Waals surface area contributed by atoms with Crippen molar-refractivity contribution in [3.8, 4) is 0 Å². The van der Waals surface area contributed by atoms with Crippen molar-refractivity contribution >= 4 is 11.8 Å². The number of benzene rings is 1. The van der Waals surface area contributed by atoms with Gasteiger partial charge in [-0.05, 0) is 37.3 Å². The molecule has 1 aliphatic heterocycles. The van der Waals surface area contributed by atoms with Crippen molar-refractivity contribution in [3.05, 3.63) is 35.4 Å². The largest absolute Gasteiger partial charge is 0.342 e. The van der Waals surface area contributed by atoms with Crippen molar-refractivity contribution in [1.82, 2.24) is 9.80 Å². The first-order chi connectivity index (χ1) is 11.1. The normalized spacial score (nSPS) is 20.9. The van der Waals surface area contributed by atoms with Gasteiger partial charge in [0.05, 0.1) is 5.92 Å². The van der Waals surface area contributed by atoms with Gasteiger partial charge in [0.15, 0.2) is 0 Å². The van der Waals surface area contributed by atoms with Crippen molar-refractivity contribution in [2.75, 3.05) is 19.6 Å². The number of likely N-dealkylation sites (tertiary alicyclic amines) is 1. The number of carbonyl (C=O) groups excluding carboxylic acids is 2. The Bertz CT molecular complexity index is 574. The zero-order valence-electron chi connectivity index (χ0n) is 14.1. The summed E-state index contributed by atoms with van der Waals surface area (Å²) in [7, 11) is 0. The van der Waals surface area contributed by atoms with E-state index in [4.69, 9.17) is 0 Å². The Hall–Kier alpha value is -1.84. The molecule has 0 spiro atoms. The van der Waals surface area contributed by atoms with E-state index in [0.717, 1.165) is 25.8 Å². The van der Waals surface area contributed by atoms with Crippen molar-refractivity contribution in [3.63, 3.8) is 0 Å². The Morgan fingerprint density at radius 3 is 2.35 bits per heavy atom. The number of carbonyl (C=O) groups is 2. The van der Waals surface area contributed by atoms with E-state index in [0.29, 0.717) is 19.5 Å². The summed E-state index contributed by atoms with van der Waals surface area (Å²) in [6.45, 7) is 6.16. The van der Waals surface area contributed by atoms with Crippen LogP contribution in [0.5, 0.6) is 0 Å². The van der Waals surface area contributed by atoms with Crippen LogP contribution in [0.4, 0.5) is 0 Å². The van der Waals surface area contributed by atoms with E-state index in [-0.39, 0.29) is 23.8 Å². The minimum Gasteiger partial charge on any atom is -0.342 e. The summed E-state index contributed by atoms with van der Waals surface area (Å²) in [5, 5.41) is 0. The fourth-order valence-corrected chi connectivity index (χ4v) is 3.95. The average Bonchev–Trinajstić information content (AvgIpc) is 3.14. The molecule has 1 heterocycles. The highest BCUT2D eigenvalue weighted by atomic mass is 16.2. The number of nitrogens with zero attached hydrogens (tertiary/aromatic N) is 2. The molecule has 1 aliphatic carbocycles. The minimum atomic E-state index is -0.155. The van der Waals surface area contributed by atoms with E-state index < -0.39 is 0 Å². The molecule has 0 aromatic heterocycles. The summed E-state index contributed by atoms with van der Waals surface area (Å²) in [6, 6.07) is 8.73. The summed E-state index contributed by atoms with van der Waals surface area (Å²) in [5.41, 5.74) is 2.73. The van der Waals surface area contributed by atoms with Crippen LogP contribution in [-0.2, 0) is 22.4 Å². The molecule has 4 nitrogen and oxygen atoms in total. The van der Waals surface area contributed by atoms with Crippen molar-refractivity contribution in [2.45, 2.75) is 45.6 Å². The second kappa shape index (κ2) is 6.73. The lowest BCUT2D eigenvalue weighted by Gasteiger charge is -2.31. The van der Waals surface area contributed by atoms with Gasteiger partial charge in [0.1, 0.15) is 0 Å². The van der Waals surface area contributed by atoms with E-state index in [1.54, 1.807) is 4.90 Å². The molecule has 124 valence electrons. The Kier molecular flexibility index (Phi) is 4.69. The van der Waals surface area contributed by atoms with Gasteiger partial charge >= 0.3 is 0 Å². The maximum absolute atomic E-state index is 13.0. The molecule has 2 aliphatic rings. The highest BCUT2D eigenvalue weighted by molar-refractivity contribution is 5.89. The Morgan fingerprint density at radius 2 is 1.83 bits per heavy atom. The summed E-state index contributed by atoms with van der Waals surface area (Å²) in [4.78, 5) is 28.8. The zero-order chi connectivity index (χ0) is 16.4. The van der Waals surface area contributed by atoms with Gasteiger partial charge in [-0.3, -0.25) is 9.59 Å². The first-order valence-corrected chi connectivity index (χ1v) is 8.79. The molecule has 1 atom stereocenters. The highest BCUT2D eigenvalue weighted by Crippen LogP contribution is 2.28. The molecule has 1 saturated heterocycles. The molecule has 1 aromatic carbocycles. The predicted molar refractivity (Wildman–Crippen MR) is 90.0 cm³/mol. The van der Waals surface area contributed by atoms with Crippen LogP contribution in [0.1, 0.15) is 37.8 Å². The quantitative estimate of drug-likeness (QED) is 0.836. The molecule has 3 rings (SSSR count). The summed E-state index contributed by atoms with van der Waals surface area (Å²) >= 11 is 0. The van der Waals surface area contributed by atoms with E-state index in [2.05, 4.69) is 36.1 Å². The smallest absolute Gasteiger partial charge is 0.228 e. The summed E-state index contributed by atoms with van der Waals surface area (Å²) in [6.07, 6.45) is 3.23. The molecular formula is C19H26N2O2. The van der Waals surface area contributed by atoms with E-state index in [1.165, 1.54) is 11.1 Å². The molecule has 0 radical (unpaired) electrons. The lowest BCUT2D eigenvalue weighted by molar-refractivity contribution is -0.138. The van der Waals surface area contributed by atoms with Gasteiger partial charge in [-0.2, -0.15) is 0 Å². The molecule has 0 unspecified atom stereocenters. The lowest BCUT2D eigenvalue weighted by Crippen LogP contribution is -2.45. The number of amides is 2. The number of rotatable bonds is 5. The van der Waals surface area contributed by atoms with E-state index >= 15 is 0 Å². The zero-order valence-corrected chi connectivity index (χ0v) is 14.1. The lowest BCUT2D eigenvalue weighted by atomic mass is 10.0. The third kappa shape index (κ3) is 3.12. The van der Waals surface area contributed by atoms with Crippen LogP contribution >= 0.6 is 0 Å². The van der Waals surface area contributed by atoms with Crippen LogP contribution < -0.4 is 0 Å². The molecule has 1 aromatic rings. The van der Waals surface area contributed by atoms with Crippen molar-refractivity contribution < 1.29 is 9.59 Å². The van der Waals surface area contributed by atoms with Crippen LogP contribution in [0.25, 0.3) is 0 Å². The van der Waals surface area contributed by atoms with Crippen molar-refractivity contribution in [2.24, 2.45) is 5.92 Å². The Morgan fingerprint density at radius 1 is 1.17 bits per heavy atom. The minimum absolute atomic E-state index is 0.122. The van der Waals surface area contributed by atoms with E-state index in [1.807, 2.05) is 6.92 Å². The monoisotopic (exact) mass is 314 g/mol. The van der Waals surface area contributed by atoms with Gasteiger partial charge in [0.2, 0.25) is 11.8 Å². The molecule has 2 amide bonds. The van der Waals surface area contributed by atoms with Crippen LogP contribution in [-0.4, -0.2) is 47.3 Å². The number of fused-ring (bicyclic) bond motifs is 1. The fourth-order valence-electron chi connectivity index (χ4n) is 3.95. The van der Waals surface area contributed by atoms with Crippen LogP contribution in [0.2, 0.25) is 0 Å². The van der Waals surface area contributed by atoms with Gasteiger partial charge in [0.25, 0.3) is 0 Å². The van der Waals surface area contributed by atoms with Gasteiger partial charge in [-0.25, -0.2) is 0 Å². The SMILES string of the molecule is CCCN(C(=O)[C@H]1CC(=O)N(CC)C1)C1Cc2ccccc2C1. The second-order valence-corrected chi connectivity index (χ2v) is 6.70. The molecule has 23 heavy (non-hydrogen) atoms. The first-order valence-electron chi connectivity index (χ1n) is 8.79. The van der Waals surface area contributed by atoms with Gasteiger partial charge < -0.3 is 9.80 Å². The molecule has 0 N–H and O–H groups in total. The molecule has 1 fully saturated rings. The Balaban J connectivity index is 1.73. The third-order valence-electron chi connectivity index (χ3n) is 5.16. The average molecular weight is 314 g/mol. The first kappa shape index (κ1) is 16.0. The molecular weight excluding hydrogens is 288 g/mol. The second-order valence-electron chi connectivity index (χ2n) is 6.70. The standard InChI is InChI=1S/C19H26N2O2/c1-3-9-21(17-10-14-7-5-6-8-15(14)11-17)19(23)16-12-18(22)20(4-2)13-16/h5-8,16-17H,3-4,9-13H2,1-2H3/t16-/m0/s1. The molecule has 4 heteroatoms. The van der Waals surface area contributed by atoms with Crippen LogP contribution in [0, 0.1) is 5.92 Å². The highest BCUT2D eigenvalue weighted by Gasteiger charge is 2.38. The van der Waals surface area contributed by atoms with Gasteiger partial charge in [-0.15, -0.1) is 0 Å². The van der Waals surface area contributed by atoms with Crippen molar-refractivity contribution in [1.29, 1.82) is 0 Å². The van der Waals surface area contributed by atoms with Gasteiger partial charge in [0, 0.05) is 32.1 Å². The number of hydrogen-bond acceptors (Lipinski definition) is 2. The fraction of sp³-hybridized carbons (Fsp3) is 0.579. The molecule has 0 saturated carbocycles. The molecule has 0 bridgehead atoms. The number of hydrogen-bond donors (Lipinski definition) is 0. The van der Waals surface area contributed by atoms with Crippen LogP contribution in [0.3, 0.4) is 0 Å². The maximum atomic E-state index is 13.0. The van der Waals surface area contributed by atoms with E-state index in [9.17, 15) is 9.59 Å². The maximum Gasteiger partial charge on any atom is 0.228 e. The topological polar surface area (TPSA) is 40.6 Å².